The Morgan fingerprint density at radius 2 is 1.42 bits per heavy atom. The van der Waals surface area contributed by atoms with Crippen LogP contribution in [0.2, 0.25) is 0 Å². The maximum Gasteiger partial charge on any atom is 0.482 e. The minimum absolute atomic E-state index is 0. The highest BCUT2D eigenvalue weighted by Crippen LogP contribution is 1.95. The SMILES string of the molecule is Br.c1cs[c]([Mg][c]2cccs2)c1. The number of hydrogen-bond donors (Lipinski definition) is 0. The first-order chi connectivity index (χ1) is 5.45. The molecule has 2 heterocycles. The lowest BCUT2D eigenvalue weighted by Crippen LogP contribution is -2.20. The van der Waals surface area contributed by atoms with Gasteiger partial charge in [0.05, 0.1) is 0 Å². The van der Waals surface area contributed by atoms with Crippen molar-refractivity contribution < 1.29 is 0 Å². The molecule has 0 N–H and O–H groups in total. The molecule has 60 valence electrons. The lowest BCUT2D eigenvalue weighted by molar-refractivity contribution is 2.05. The first-order valence-electron chi connectivity index (χ1n) is 3.50. The fourth-order valence-corrected chi connectivity index (χ4v) is 5.28. The largest absolute Gasteiger partial charge is 0.482 e. The van der Waals surface area contributed by atoms with Crippen LogP contribution in [-0.2, 0) is 0 Å². The first-order valence-corrected chi connectivity index (χ1v) is 6.67. The minimum atomic E-state index is -0.113. The number of rotatable bonds is 2. The lowest BCUT2D eigenvalue weighted by atomic mass is 10.7. The lowest BCUT2D eigenvalue weighted by Gasteiger charge is -1.86. The highest BCUT2D eigenvalue weighted by atomic mass is 79.9. The Hall–Kier alpha value is 0.646. The van der Waals surface area contributed by atoms with E-state index in [9.17, 15) is 0 Å². The van der Waals surface area contributed by atoms with E-state index in [2.05, 4.69) is 35.0 Å². The van der Waals surface area contributed by atoms with Crippen LogP contribution in [0.5, 0.6) is 0 Å². The fraction of sp³-hybridized carbons (Fsp3) is 0. The molecule has 0 amide bonds. The van der Waals surface area contributed by atoms with E-state index in [1.54, 1.807) is 6.01 Å². The maximum absolute atomic E-state index is 2.25. The van der Waals surface area contributed by atoms with E-state index in [4.69, 9.17) is 0 Å². The summed E-state index contributed by atoms with van der Waals surface area (Å²) in [6.45, 7) is 0. The van der Waals surface area contributed by atoms with Crippen LogP contribution in [0.1, 0.15) is 0 Å². The van der Waals surface area contributed by atoms with Crippen molar-refractivity contribution in [2.75, 3.05) is 0 Å². The molecule has 0 spiro atoms. The summed E-state index contributed by atoms with van der Waals surface area (Å²) in [4.78, 5) is 0. The molecule has 0 fully saturated rings. The third kappa shape index (κ3) is 2.85. The fourth-order valence-electron chi connectivity index (χ4n) is 0.998. The first kappa shape index (κ1) is 10.7. The topological polar surface area (TPSA) is 0 Å². The minimum Gasteiger partial charge on any atom is -0.181 e. The van der Waals surface area contributed by atoms with E-state index in [0.717, 1.165) is 0 Å². The van der Waals surface area contributed by atoms with Crippen LogP contribution < -0.4 is 6.01 Å². The van der Waals surface area contributed by atoms with Gasteiger partial charge in [-0.05, 0) is 10.8 Å². The van der Waals surface area contributed by atoms with Crippen molar-refractivity contribution in [3.8, 4) is 0 Å². The van der Waals surface area contributed by atoms with Crippen molar-refractivity contribution in [2.45, 2.75) is 0 Å². The quantitative estimate of drug-likeness (QED) is 0.733. The van der Waals surface area contributed by atoms with Gasteiger partial charge in [0.25, 0.3) is 0 Å². The Kier molecular flexibility index (Phi) is 4.82. The molecular weight excluding hydrogens is 264 g/mol. The second-order valence-electron chi connectivity index (χ2n) is 2.34. The van der Waals surface area contributed by atoms with Gasteiger partial charge >= 0.3 is 20.4 Å². The Morgan fingerprint density at radius 1 is 0.917 bits per heavy atom. The molecule has 0 radical (unpaired) electrons. The Bertz CT molecular complexity index is 269. The summed E-state index contributed by atoms with van der Waals surface area (Å²) in [5.74, 6) is 0. The summed E-state index contributed by atoms with van der Waals surface area (Å²) in [7, 11) is 0. The summed E-state index contributed by atoms with van der Waals surface area (Å²) >= 11 is 3.67. The summed E-state index contributed by atoms with van der Waals surface area (Å²) in [6, 6.07) is 8.77. The standard InChI is InChI=1S/2C4H3S.BrH.Mg/c2*1-2-4-5-3-1;;/h2*1-3H;1H;. The normalized spacial score (nSPS) is 8.67. The van der Waals surface area contributed by atoms with Crippen LogP contribution in [0.3, 0.4) is 0 Å². The van der Waals surface area contributed by atoms with Gasteiger partial charge in [-0.3, -0.25) is 0 Å². The van der Waals surface area contributed by atoms with Gasteiger partial charge in [-0.2, -0.15) is 22.7 Å². The molecule has 0 aliphatic carbocycles. The highest BCUT2D eigenvalue weighted by molar-refractivity contribution is 8.93. The third-order valence-corrected chi connectivity index (χ3v) is 6.01. The highest BCUT2D eigenvalue weighted by Gasteiger charge is 2.02. The van der Waals surface area contributed by atoms with Crippen LogP contribution in [0.4, 0.5) is 0 Å². The second-order valence-corrected chi connectivity index (χ2v) is 7.30. The Labute approximate surface area is 100 Å². The molecule has 0 aliphatic heterocycles. The Balaban J connectivity index is 0.000000720. The molecule has 4 heteroatoms. The van der Waals surface area contributed by atoms with Crippen LogP contribution >= 0.6 is 39.7 Å². The van der Waals surface area contributed by atoms with Gasteiger partial charge in [0.15, 0.2) is 0 Å². The van der Waals surface area contributed by atoms with Crippen LogP contribution in [0, 0.1) is 0 Å². The molecule has 0 aliphatic rings. The molecule has 0 unspecified atom stereocenters. The van der Waals surface area contributed by atoms with Gasteiger partial charge in [-0.1, -0.05) is 24.3 Å². The van der Waals surface area contributed by atoms with E-state index in [1.165, 1.54) is 0 Å². The predicted molar refractivity (Wildman–Crippen MR) is 64.0 cm³/mol. The molecule has 0 bridgehead atoms. The zero-order valence-corrected chi connectivity index (χ0v) is 11.2. The van der Waals surface area contributed by atoms with Crippen LogP contribution in [0.15, 0.2) is 35.0 Å². The van der Waals surface area contributed by atoms with E-state index < -0.39 is 0 Å². The number of hydrogen-bond acceptors (Lipinski definition) is 2. The van der Waals surface area contributed by atoms with E-state index in [-0.39, 0.29) is 37.3 Å². The van der Waals surface area contributed by atoms with Gasteiger partial charge < -0.3 is 0 Å². The summed E-state index contributed by atoms with van der Waals surface area (Å²) in [5.41, 5.74) is 0. The molecule has 12 heavy (non-hydrogen) atoms. The maximum atomic E-state index is 2.25. The predicted octanol–water partition coefficient (Wildman–Crippen LogP) is 2.04. The average Bonchev–Trinajstić information content (AvgIpc) is 2.60. The van der Waals surface area contributed by atoms with Crippen molar-refractivity contribution in [3.05, 3.63) is 35.0 Å². The summed E-state index contributed by atoms with van der Waals surface area (Å²) in [6.07, 6.45) is 0. The molecule has 2 aromatic heterocycles. The molecular formula is C8H7BrMgS2. The zero-order chi connectivity index (χ0) is 7.52. The van der Waals surface area contributed by atoms with Crippen LogP contribution in [-0.4, -0.2) is 20.4 Å². The van der Waals surface area contributed by atoms with Crippen molar-refractivity contribution in [3.63, 3.8) is 0 Å². The number of halogens is 1. The van der Waals surface area contributed by atoms with Crippen molar-refractivity contribution in [1.82, 2.24) is 0 Å². The van der Waals surface area contributed by atoms with E-state index >= 15 is 0 Å². The smallest absolute Gasteiger partial charge is 0.181 e. The third-order valence-electron chi connectivity index (χ3n) is 1.51. The van der Waals surface area contributed by atoms with E-state index in [0.29, 0.717) is 0 Å². The summed E-state index contributed by atoms with van der Waals surface area (Å²) < 4.78 is 3.18. The molecule has 2 aromatic rings. The molecule has 0 nitrogen and oxygen atoms in total. The van der Waals surface area contributed by atoms with Gasteiger partial charge in [0, 0.05) is 0 Å². The van der Waals surface area contributed by atoms with Gasteiger partial charge in [0.2, 0.25) is 0 Å². The molecule has 0 atom stereocenters. The Morgan fingerprint density at radius 3 is 1.75 bits per heavy atom. The van der Waals surface area contributed by atoms with Crippen molar-refractivity contribution >= 4 is 66.0 Å². The van der Waals surface area contributed by atoms with Gasteiger partial charge in [0.1, 0.15) is 0 Å². The average molecular weight is 271 g/mol. The van der Waals surface area contributed by atoms with Crippen molar-refractivity contribution in [2.24, 2.45) is 0 Å². The van der Waals surface area contributed by atoms with E-state index in [1.807, 2.05) is 22.7 Å². The molecule has 2 rings (SSSR count). The molecule has 0 saturated carbocycles. The van der Waals surface area contributed by atoms with Gasteiger partial charge in [-0.15, -0.1) is 23.0 Å². The van der Waals surface area contributed by atoms with Crippen LogP contribution in [0.25, 0.3) is 0 Å². The van der Waals surface area contributed by atoms with Gasteiger partial charge in [-0.25, -0.2) is 0 Å². The second kappa shape index (κ2) is 5.39. The molecule has 0 aromatic carbocycles. The van der Waals surface area contributed by atoms with Crippen molar-refractivity contribution in [1.29, 1.82) is 0 Å². The number of thiophene rings is 2. The zero-order valence-electron chi connectivity index (χ0n) is 6.40. The monoisotopic (exact) mass is 270 g/mol. The summed E-state index contributed by atoms with van der Waals surface area (Å²) in [5, 5.41) is 4.33. The molecule has 0 saturated heterocycles.